The normalized spacial score (nSPS) is 31.8. The molecule has 1 fully saturated rings. The Labute approximate surface area is 149 Å². The molecule has 0 bridgehead atoms. The molecule has 2 rings (SSSR count). The Morgan fingerprint density at radius 2 is 2.08 bits per heavy atom. The molecule has 0 aromatic heterocycles. The summed E-state index contributed by atoms with van der Waals surface area (Å²) in [6.07, 6.45) is 7.93. The van der Waals surface area contributed by atoms with Gasteiger partial charge in [0.15, 0.2) is 0 Å². The minimum Gasteiger partial charge on any atom is -0.458 e. The summed E-state index contributed by atoms with van der Waals surface area (Å²) in [5.41, 5.74) is 1.61. The first-order valence-electron chi connectivity index (χ1n) is 8.76. The van der Waals surface area contributed by atoms with Gasteiger partial charge in [0.2, 0.25) is 0 Å². The van der Waals surface area contributed by atoms with Crippen molar-refractivity contribution in [3.63, 3.8) is 0 Å². The number of esters is 2. The lowest BCUT2D eigenvalue weighted by atomic mass is 9.68. The molecular weight excluding hydrogens is 320 g/mol. The summed E-state index contributed by atoms with van der Waals surface area (Å²) in [6.45, 7) is 7.49. The third-order valence-corrected chi connectivity index (χ3v) is 4.82. The average Bonchev–Trinajstić information content (AvgIpc) is 2.78. The number of hydrogen-bond acceptors (Lipinski definition) is 5. The Morgan fingerprint density at radius 3 is 2.72 bits per heavy atom. The third-order valence-electron chi connectivity index (χ3n) is 4.82. The van der Waals surface area contributed by atoms with Crippen LogP contribution in [0.3, 0.4) is 0 Å². The fourth-order valence-electron chi connectivity index (χ4n) is 3.54. The van der Waals surface area contributed by atoms with Crippen molar-refractivity contribution in [3.8, 4) is 0 Å². The van der Waals surface area contributed by atoms with Gasteiger partial charge >= 0.3 is 11.9 Å². The molecule has 1 heterocycles. The minimum atomic E-state index is -0.808. The van der Waals surface area contributed by atoms with E-state index in [-0.39, 0.29) is 18.4 Å². The number of aliphatic hydroxyl groups excluding tert-OH is 1. The summed E-state index contributed by atoms with van der Waals surface area (Å²) >= 11 is 0. The van der Waals surface area contributed by atoms with Crippen LogP contribution in [0.4, 0.5) is 0 Å². The van der Waals surface area contributed by atoms with Crippen molar-refractivity contribution in [1.29, 1.82) is 0 Å². The van der Waals surface area contributed by atoms with E-state index in [1.165, 1.54) is 12.5 Å². The monoisotopic (exact) mass is 348 g/mol. The van der Waals surface area contributed by atoms with Crippen LogP contribution in [0.2, 0.25) is 0 Å². The van der Waals surface area contributed by atoms with E-state index in [0.29, 0.717) is 6.42 Å². The molecule has 0 aromatic rings. The zero-order valence-electron chi connectivity index (χ0n) is 15.5. The third kappa shape index (κ3) is 4.82. The Hall–Kier alpha value is -1.88. The van der Waals surface area contributed by atoms with E-state index in [9.17, 15) is 14.7 Å². The van der Waals surface area contributed by atoms with E-state index >= 15 is 0 Å². The van der Waals surface area contributed by atoms with Crippen molar-refractivity contribution < 1.29 is 24.2 Å². The number of allylic oxidation sites excluding steroid dienone is 3. The highest BCUT2D eigenvalue weighted by molar-refractivity contribution is 5.74. The van der Waals surface area contributed by atoms with Crippen LogP contribution in [-0.4, -0.2) is 35.4 Å². The van der Waals surface area contributed by atoms with Crippen LogP contribution in [-0.2, 0) is 19.1 Å². The predicted octanol–water partition coefficient (Wildman–Crippen LogP) is 3.23. The van der Waals surface area contributed by atoms with Gasteiger partial charge in [0, 0.05) is 13.3 Å². The van der Waals surface area contributed by atoms with E-state index in [2.05, 4.69) is 19.9 Å². The SMILES string of the molecule is CC(=O)O[C@@H]1C=C[C@@H](O)[C@@]2(CC(=O)O[C@@H]2C=C(C)CCC=C(C)C)C1. The first-order chi connectivity index (χ1) is 11.7. The molecule has 0 amide bonds. The summed E-state index contributed by atoms with van der Waals surface area (Å²) < 4.78 is 10.8. The lowest BCUT2D eigenvalue weighted by Crippen LogP contribution is -2.46. The number of hydrogen-bond donors (Lipinski definition) is 1. The molecule has 0 radical (unpaired) electrons. The molecule has 1 saturated heterocycles. The zero-order valence-corrected chi connectivity index (χ0v) is 15.5. The van der Waals surface area contributed by atoms with E-state index in [1.807, 2.05) is 13.0 Å². The van der Waals surface area contributed by atoms with Gasteiger partial charge in [-0.2, -0.15) is 0 Å². The molecule has 2 aliphatic rings. The van der Waals surface area contributed by atoms with Gasteiger partial charge in [0.1, 0.15) is 12.2 Å². The van der Waals surface area contributed by atoms with Crippen LogP contribution < -0.4 is 0 Å². The predicted molar refractivity (Wildman–Crippen MR) is 94.7 cm³/mol. The van der Waals surface area contributed by atoms with Gasteiger partial charge in [0.25, 0.3) is 0 Å². The van der Waals surface area contributed by atoms with Crippen LogP contribution in [0.1, 0.15) is 53.4 Å². The van der Waals surface area contributed by atoms with Crippen molar-refractivity contribution in [1.82, 2.24) is 0 Å². The van der Waals surface area contributed by atoms with Crippen LogP contribution >= 0.6 is 0 Å². The summed E-state index contributed by atoms with van der Waals surface area (Å²) in [6, 6.07) is 0. The first-order valence-corrected chi connectivity index (χ1v) is 8.76. The molecule has 1 spiro atoms. The molecule has 25 heavy (non-hydrogen) atoms. The van der Waals surface area contributed by atoms with Crippen LogP contribution in [0, 0.1) is 5.41 Å². The van der Waals surface area contributed by atoms with E-state index < -0.39 is 23.7 Å². The smallest absolute Gasteiger partial charge is 0.307 e. The maximum Gasteiger partial charge on any atom is 0.307 e. The Kier molecular flexibility index (Phi) is 6.22. The molecular formula is C20H28O5. The van der Waals surface area contributed by atoms with E-state index in [1.54, 1.807) is 12.2 Å². The van der Waals surface area contributed by atoms with Gasteiger partial charge in [-0.15, -0.1) is 0 Å². The maximum atomic E-state index is 12.0. The molecule has 138 valence electrons. The second-order valence-corrected chi connectivity index (χ2v) is 7.34. The summed E-state index contributed by atoms with van der Waals surface area (Å²) in [4.78, 5) is 23.2. The molecule has 5 heteroatoms. The van der Waals surface area contributed by atoms with Gasteiger partial charge in [-0.25, -0.2) is 0 Å². The summed E-state index contributed by atoms with van der Waals surface area (Å²) in [5.74, 6) is -0.703. The second-order valence-electron chi connectivity index (χ2n) is 7.34. The molecule has 1 N–H and O–H groups in total. The number of cyclic esters (lactones) is 1. The highest BCUT2D eigenvalue weighted by Crippen LogP contribution is 2.47. The lowest BCUT2D eigenvalue weighted by Gasteiger charge is -2.39. The number of rotatable bonds is 5. The quantitative estimate of drug-likeness (QED) is 0.610. The highest BCUT2D eigenvalue weighted by Gasteiger charge is 2.54. The Balaban J connectivity index is 2.19. The topological polar surface area (TPSA) is 72.8 Å². The number of carbonyl (C=O) groups is 2. The Morgan fingerprint density at radius 1 is 1.36 bits per heavy atom. The average molecular weight is 348 g/mol. The maximum absolute atomic E-state index is 12.0. The van der Waals surface area contributed by atoms with Gasteiger partial charge in [0.05, 0.1) is 17.9 Å². The fraction of sp³-hybridized carbons (Fsp3) is 0.600. The van der Waals surface area contributed by atoms with Crippen molar-refractivity contribution in [2.45, 2.75) is 71.7 Å². The van der Waals surface area contributed by atoms with E-state index in [4.69, 9.17) is 9.47 Å². The van der Waals surface area contributed by atoms with Crippen LogP contribution in [0.5, 0.6) is 0 Å². The van der Waals surface area contributed by atoms with Gasteiger partial charge in [-0.3, -0.25) is 9.59 Å². The molecule has 0 aromatic carbocycles. The van der Waals surface area contributed by atoms with Crippen molar-refractivity contribution in [2.24, 2.45) is 5.41 Å². The van der Waals surface area contributed by atoms with Crippen LogP contribution in [0.25, 0.3) is 0 Å². The minimum absolute atomic E-state index is 0.124. The van der Waals surface area contributed by atoms with Crippen molar-refractivity contribution >= 4 is 11.9 Å². The largest absolute Gasteiger partial charge is 0.458 e. The second kappa shape index (κ2) is 8.00. The number of carbonyl (C=O) groups excluding carboxylic acids is 2. The van der Waals surface area contributed by atoms with Crippen molar-refractivity contribution in [2.75, 3.05) is 0 Å². The summed E-state index contributed by atoms with van der Waals surface area (Å²) in [5, 5.41) is 10.6. The van der Waals surface area contributed by atoms with Crippen LogP contribution in [0.15, 0.2) is 35.5 Å². The van der Waals surface area contributed by atoms with Gasteiger partial charge in [-0.05, 0) is 45.8 Å². The molecule has 1 aliphatic heterocycles. The molecule has 4 atom stereocenters. The van der Waals surface area contributed by atoms with Gasteiger partial charge < -0.3 is 14.6 Å². The lowest BCUT2D eigenvalue weighted by molar-refractivity contribution is -0.148. The molecule has 0 unspecified atom stereocenters. The highest BCUT2D eigenvalue weighted by atomic mass is 16.6. The molecule has 5 nitrogen and oxygen atoms in total. The fourth-order valence-corrected chi connectivity index (χ4v) is 3.54. The zero-order chi connectivity index (χ0) is 18.6. The Bertz CT molecular complexity index is 612. The first kappa shape index (κ1) is 19.4. The molecule has 1 aliphatic carbocycles. The molecule has 0 saturated carbocycles. The number of ether oxygens (including phenoxy) is 2. The van der Waals surface area contributed by atoms with Crippen molar-refractivity contribution in [3.05, 3.63) is 35.5 Å². The van der Waals surface area contributed by atoms with Gasteiger partial charge in [-0.1, -0.05) is 23.3 Å². The summed E-state index contributed by atoms with van der Waals surface area (Å²) in [7, 11) is 0. The standard InChI is InChI=1S/C20H28O5/c1-13(2)6-5-7-14(3)10-18-20(12-19(23)25-18)11-16(24-15(4)21)8-9-17(20)22/h6,8-10,16-18,22H,5,7,11-12H2,1-4H3/t16-,17-,18-,20+/m1/s1. The van der Waals surface area contributed by atoms with E-state index in [0.717, 1.165) is 18.4 Å². The number of aliphatic hydroxyl groups is 1.